The van der Waals surface area contributed by atoms with E-state index in [1.54, 1.807) is 0 Å². The minimum atomic E-state index is -0.778. The quantitative estimate of drug-likeness (QED) is 0.563. The first kappa shape index (κ1) is 11.3. The van der Waals surface area contributed by atoms with Crippen molar-refractivity contribution >= 4 is 22.5 Å². The van der Waals surface area contributed by atoms with E-state index in [0.29, 0.717) is 5.04 Å². The maximum atomic E-state index is 8.74. The van der Waals surface area contributed by atoms with Crippen molar-refractivity contribution in [1.82, 2.24) is 0 Å². The normalized spacial score (nSPS) is 10.8. The van der Waals surface area contributed by atoms with Crippen LogP contribution in [0.5, 0.6) is 0 Å². The van der Waals surface area contributed by atoms with Gasteiger partial charge >= 0.3 is 0 Å². The predicted octanol–water partition coefficient (Wildman–Crippen LogP) is 2.74. The van der Waals surface area contributed by atoms with Crippen molar-refractivity contribution in [2.24, 2.45) is 10.9 Å². The Morgan fingerprint density at radius 3 is 2.33 bits per heavy atom. The molecule has 0 saturated heterocycles. The highest BCUT2D eigenvalue weighted by molar-refractivity contribution is 8.13. The van der Waals surface area contributed by atoms with Gasteiger partial charge in [-0.15, -0.1) is 11.8 Å². The lowest BCUT2D eigenvalue weighted by Crippen LogP contribution is -2.05. The molecular formula is C11H9N3S. The average Bonchev–Trinajstić information content (AvgIpc) is 2.30. The van der Waals surface area contributed by atoms with E-state index >= 15 is 0 Å². The van der Waals surface area contributed by atoms with Crippen LogP contribution < -0.4 is 0 Å². The van der Waals surface area contributed by atoms with Crippen LogP contribution in [-0.4, -0.2) is 11.3 Å². The lowest BCUT2D eigenvalue weighted by Gasteiger charge is -2.02. The topological polar surface area (TPSA) is 59.9 Å². The molecule has 0 amide bonds. The molecule has 0 unspecified atom stereocenters. The Labute approximate surface area is 93.1 Å². The fourth-order valence-electron chi connectivity index (χ4n) is 0.997. The minimum Gasteiger partial charge on any atom is -0.244 e. The summed E-state index contributed by atoms with van der Waals surface area (Å²) in [5.74, 6) is -0.778. The first-order chi connectivity index (χ1) is 7.31. The number of para-hydroxylation sites is 1. The summed E-state index contributed by atoms with van der Waals surface area (Å²) in [6.07, 6.45) is 1.81. The zero-order valence-corrected chi connectivity index (χ0v) is 9.03. The molecule has 0 saturated carbocycles. The average molecular weight is 215 g/mol. The van der Waals surface area contributed by atoms with E-state index in [1.807, 2.05) is 48.7 Å². The highest BCUT2D eigenvalue weighted by Crippen LogP contribution is 2.17. The van der Waals surface area contributed by atoms with Crippen molar-refractivity contribution in [2.75, 3.05) is 6.26 Å². The number of thioether (sulfide) groups is 1. The Balaban J connectivity index is 2.99. The van der Waals surface area contributed by atoms with Crippen LogP contribution in [0, 0.1) is 28.6 Å². The van der Waals surface area contributed by atoms with Crippen LogP contribution >= 0.6 is 11.8 Å². The molecule has 0 radical (unpaired) electrons. The lowest BCUT2D eigenvalue weighted by atomic mass is 10.2. The molecule has 4 heteroatoms. The van der Waals surface area contributed by atoms with Gasteiger partial charge in [0.15, 0.2) is 5.92 Å². The monoisotopic (exact) mass is 215 g/mol. The van der Waals surface area contributed by atoms with Gasteiger partial charge in [0.2, 0.25) is 0 Å². The van der Waals surface area contributed by atoms with E-state index < -0.39 is 5.92 Å². The van der Waals surface area contributed by atoms with Gasteiger partial charge in [0.05, 0.1) is 17.8 Å². The standard InChI is InChI=1S/C11H9N3S/c1-15-11(9(7-12)8-13)14-10-5-3-2-4-6-10/h2-6,9H,1H3. The Morgan fingerprint density at radius 2 is 1.87 bits per heavy atom. The molecule has 1 aromatic carbocycles. The zero-order valence-electron chi connectivity index (χ0n) is 8.21. The number of nitriles is 2. The van der Waals surface area contributed by atoms with Gasteiger partial charge in [0.25, 0.3) is 0 Å². The summed E-state index contributed by atoms with van der Waals surface area (Å²) in [6, 6.07) is 13.1. The van der Waals surface area contributed by atoms with E-state index in [1.165, 1.54) is 11.8 Å². The molecule has 1 rings (SSSR count). The first-order valence-corrected chi connectivity index (χ1v) is 5.51. The largest absolute Gasteiger partial charge is 0.244 e. The van der Waals surface area contributed by atoms with E-state index in [2.05, 4.69) is 4.99 Å². The van der Waals surface area contributed by atoms with Crippen molar-refractivity contribution in [2.45, 2.75) is 0 Å². The second kappa shape index (κ2) is 5.85. The molecule has 15 heavy (non-hydrogen) atoms. The summed E-state index contributed by atoms with van der Waals surface area (Å²) in [6.45, 7) is 0. The summed E-state index contributed by atoms with van der Waals surface area (Å²) in [4.78, 5) is 4.25. The van der Waals surface area contributed by atoms with Crippen LogP contribution in [0.2, 0.25) is 0 Å². The fourth-order valence-corrected chi connectivity index (χ4v) is 1.53. The van der Waals surface area contributed by atoms with Crippen LogP contribution in [0.4, 0.5) is 5.69 Å². The third-order valence-electron chi connectivity index (χ3n) is 1.71. The number of nitrogens with zero attached hydrogens (tertiary/aromatic N) is 3. The molecule has 0 aromatic heterocycles. The number of hydrogen-bond acceptors (Lipinski definition) is 4. The van der Waals surface area contributed by atoms with Crippen molar-refractivity contribution < 1.29 is 0 Å². The van der Waals surface area contributed by atoms with Crippen molar-refractivity contribution in [1.29, 1.82) is 10.5 Å². The summed E-state index contributed by atoms with van der Waals surface area (Å²) >= 11 is 1.33. The molecule has 0 bridgehead atoms. The highest BCUT2D eigenvalue weighted by atomic mass is 32.2. The molecule has 74 valence electrons. The minimum absolute atomic E-state index is 0.534. The Bertz CT molecular complexity index is 411. The molecule has 3 nitrogen and oxygen atoms in total. The number of benzene rings is 1. The maximum absolute atomic E-state index is 8.74. The molecule has 0 spiro atoms. The van der Waals surface area contributed by atoms with Crippen LogP contribution in [-0.2, 0) is 0 Å². The Morgan fingerprint density at radius 1 is 1.27 bits per heavy atom. The summed E-state index contributed by atoms with van der Waals surface area (Å²) in [5, 5.41) is 18.0. The molecule has 0 heterocycles. The Hall–Kier alpha value is -1.78. The summed E-state index contributed by atoms with van der Waals surface area (Å²) in [7, 11) is 0. The number of aliphatic imine (C=N–C) groups is 1. The van der Waals surface area contributed by atoms with Crippen LogP contribution in [0.15, 0.2) is 35.3 Å². The highest BCUT2D eigenvalue weighted by Gasteiger charge is 2.13. The zero-order chi connectivity index (χ0) is 11.1. The maximum Gasteiger partial charge on any atom is 0.181 e. The van der Waals surface area contributed by atoms with Crippen LogP contribution in [0.25, 0.3) is 0 Å². The van der Waals surface area contributed by atoms with Crippen molar-refractivity contribution in [3.8, 4) is 12.1 Å². The van der Waals surface area contributed by atoms with E-state index in [0.717, 1.165) is 5.69 Å². The third-order valence-corrected chi connectivity index (χ3v) is 2.46. The molecular weight excluding hydrogens is 206 g/mol. The smallest absolute Gasteiger partial charge is 0.181 e. The van der Waals surface area contributed by atoms with Gasteiger partial charge in [0.1, 0.15) is 5.04 Å². The second-order valence-electron chi connectivity index (χ2n) is 2.68. The van der Waals surface area contributed by atoms with Gasteiger partial charge in [-0.25, -0.2) is 4.99 Å². The lowest BCUT2D eigenvalue weighted by molar-refractivity contribution is 1.17. The molecule has 0 N–H and O–H groups in total. The molecule has 0 aliphatic heterocycles. The van der Waals surface area contributed by atoms with Gasteiger partial charge in [-0.05, 0) is 18.4 Å². The molecule has 0 atom stereocenters. The van der Waals surface area contributed by atoms with Crippen LogP contribution in [0.3, 0.4) is 0 Å². The van der Waals surface area contributed by atoms with Crippen molar-refractivity contribution in [3.63, 3.8) is 0 Å². The summed E-state index contributed by atoms with van der Waals surface area (Å²) in [5.41, 5.74) is 0.761. The van der Waals surface area contributed by atoms with E-state index in [-0.39, 0.29) is 0 Å². The second-order valence-corrected chi connectivity index (χ2v) is 3.51. The van der Waals surface area contributed by atoms with Crippen LogP contribution in [0.1, 0.15) is 0 Å². The molecule has 0 fully saturated rings. The summed E-state index contributed by atoms with van der Waals surface area (Å²) < 4.78 is 0. The molecule has 0 aliphatic rings. The number of hydrogen-bond donors (Lipinski definition) is 0. The van der Waals surface area contributed by atoms with E-state index in [4.69, 9.17) is 10.5 Å². The molecule has 0 aliphatic carbocycles. The van der Waals surface area contributed by atoms with Gasteiger partial charge < -0.3 is 0 Å². The SMILES string of the molecule is CSC(=Nc1ccccc1)C(C#N)C#N. The van der Waals surface area contributed by atoms with Crippen molar-refractivity contribution in [3.05, 3.63) is 30.3 Å². The Kier molecular flexibility index (Phi) is 4.40. The van der Waals surface area contributed by atoms with Gasteiger partial charge in [-0.3, -0.25) is 0 Å². The van der Waals surface area contributed by atoms with E-state index in [9.17, 15) is 0 Å². The molecule has 1 aromatic rings. The van der Waals surface area contributed by atoms with Gasteiger partial charge in [0, 0.05) is 0 Å². The fraction of sp³-hybridized carbons (Fsp3) is 0.182. The predicted molar refractivity (Wildman–Crippen MR) is 61.8 cm³/mol. The first-order valence-electron chi connectivity index (χ1n) is 4.28. The third kappa shape index (κ3) is 3.12. The van der Waals surface area contributed by atoms with Gasteiger partial charge in [-0.1, -0.05) is 18.2 Å². The number of rotatable bonds is 2. The van der Waals surface area contributed by atoms with Gasteiger partial charge in [-0.2, -0.15) is 10.5 Å².